The van der Waals surface area contributed by atoms with Crippen LogP contribution in [0.5, 0.6) is 0 Å². The SMILES string of the molecule is CSc1nc(N2CCCCC2)c2cc(C(=O)N3CCCC3)sc2n1. The Labute approximate surface area is 150 Å². The first kappa shape index (κ1) is 16.1. The second kappa shape index (κ2) is 6.88. The second-order valence-corrected chi connectivity index (χ2v) is 8.21. The lowest BCUT2D eigenvalue weighted by molar-refractivity contribution is 0.0797. The average Bonchev–Trinajstić information content (AvgIpc) is 3.30. The maximum absolute atomic E-state index is 12.7. The first-order valence-electron chi connectivity index (χ1n) is 8.66. The molecule has 0 aliphatic carbocycles. The number of piperidine rings is 1. The van der Waals surface area contributed by atoms with Gasteiger partial charge in [-0.1, -0.05) is 11.8 Å². The first-order valence-corrected chi connectivity index (χ1v) is 10.7. The van der Waals surface area contributed by atoms with Crippen LogP contribution in [0, 0.1) is 0 Å². The highest BCUT2D eigenvalue weighted by Crippen LogP contribution is 2.34. The fraction of sp³-hybridized carbons (Fsp3) is 0.588. The molecular weight excluding hydrogens is 340 g/mol. The molecule has 24 heavy (non-hydrogen) atoms. The Hall–Kier alpha value is -1.34. The fourth-order valence-corrected chi connectivity index (χ4v) is 4.92. The number of fused-ring (bicyclic) bond motifs is 1. The minimum atomic E-state index is 0.158. The number of carbonyl (C=O) groups is 1. The van der Waals surface area contributed by atoms with Crippen molar-refractivity contribution in [2.24, 2.45) is 0 Å². The summed E-state index contributed by atoms with van der Waals surface area (Å²) in [5, 5.41) is 1.84. The predicted molar refractivity (Wildman–Crippen MR) is 100 cm³/mol. The lowest BCUT2D eigenvalue weighted by Gasteiger charge is -2.28. The van der Waals surface area contributed by atoms with Crippen molar-refractivity contribution >= 4 is 45.0 Å². The molecule has 2 aliphatic heterocycles. The molecule has 128 valence electrons. The van der Waals surface area contributed by atoms with Gasteiger partial charge in [-0.2, -0.15) is 0 Å². The predicted octanol–water partition coefficient (Wildman–Crippen LogP) is 3.64. The number of rotatable bonds is 3. The highest BCUT2D eigenvalue weighted by molar-refractivity contribution is 7.98. The molecular formula is C17H22N4OS2. The molecule has 0 atom stereocenters. The van der Waals surface area contributed by atoms with Crippen molar-refractivity contribution in [3.05, 3.63) is 10.9 Å². The van der Waals surface area contributed by atoms with Gasteiger partial charge >= 0.3 is 0 Å². The van der Waals surface area contributed by atoms with Crippen LogP contribution in [0.1, 0.15) is 41.8 Å². The molecule has 2 aromatic heterocycles. The van der Waals surface area contributed by atoms with Crippen molar-refractivity contribution in [1.29, 1.82) is 0 Å². The van der Waals surface area contributed by atoms with Gasteiger partial charge in [0.25, 0.3) is 5.91 Å². The van der Waals surface area contributed by atoms with Gasteiger partial charge in [0.15, 0.2) is 5.16 Å². The summed E-state index contributed by atoms with van der Waals surface area (Å²) in [7, 11) is 0. The van der Waals surface area contributed by atoms with Crippen LogP contribution in [0.4, 0.5) is 5.82 Å². The Kier molecular flexibility index (Phi) is 4.63. The number of amides is 1. The van der Waals surface area contributed by atoms with E-state index in [0.29, 0.717) is 0 Å². The molecule has 2 aromatic rings. The molecule has 0 spiro atoms. The van der Waals surface area contributed by atoms with Crippen LogP contribution in [0.3, 0.4) is 0 Å². The number of nitrogens with zero attached hydrogens (tertiary/aromatic N) is 4. The Bertz CT molecular complexity index is 748. The summed E-state index contributed by atoms with van der Waals surface area (Å²) in [6.07, 6.45) is 7.96. The third-order valence-corrected chi connectivity index (χ3v) is 6.36. The lowest BCUT2D eigenvalue weighted by atomic mass is 10.1. The first-order chi connectivity index (χ1) is 11.8. The summed E-state index contributed by atoms with van der Waals surface area (Å²) in [4.78, 5) is 28.2. The van der Waals surface area contributed by atoms with Gasteiger partial charge in [-0.15, -0.1) is 11.3 Å². The zero-order valence-corrected chi connectivity index (χ0v) is 15.6. The Morgan fingerprint density at radius 2 is 1.79 bits per heavy atom. The van der Waals surface area contributed by atoms with Crippen LogP contribution in [0.25, 0.3) is 10.2 Å². The summed E-state index contributed by atoms with van der Waals surface area (Å²) in [6.45, 7) is 3.86. The van der Waals surface area contributed by atoms with Crippen LogP contribution in [0.15, 0.2) is 11.2 Å². The van der Waals surface area contributed by atoms with Crippen LogP contribution in [-0.2, 0) is 0 Å². The molecule has 0 unspecified atom stereocenters. The smallest absolute Gasteiger partial charge is 0.264 e. The van der Waals surface area contributed by atoms with Crippen LogP contribution >= 0.6 is 23.1 Å². The van der Waals surface area contributed by atoms with Crippen molar-refractivity contribution in [3.8, 4) is 0 Å². The standard InChI is InChI=1S/C17H22N4OS2/c1-23-17-18-14(20-7-3-2-4-8-20)12-11-13(24-15(12)19-17)16(22)21-9-5-6-10-21/h11H,2-10H2,1H3. The van der Waals surface area contributed by atoms with Crippen molar-refractivity contribution in [1.82, 2.24) is 14.9 Å². The molecule has 2 aliphatic rings. The Morgan fingerprint density at radius 3 is 2.50 bits per heavy atom. The van der Waals surface area contributed by atoms with Gasteiger partial charge in [0.1, 0.15) is 10.6 Å². The molecule has 2 fully saturated rings. The van der Waals surface area contributed by atoms with E-state index in [4.69, 9.17) is 4.98 Å². The van der Waals surface area contributed by atoms with Crippen LogP contribution in [-0.4, -0.2) is 53.2 Å². The number of thiophene rings is 1. The van der Waals surface area contributed by atoms with E-state index in [2.05, 4.69) is 9.88 Å². The van der Waals surface area contributed by atoms with E-state index in [9.17, 15) is 4.79 Å². The third-order valence-electron chi connectivity index (χ3n) is 4.79. The minimum absolute atomic E-state index is 0.158. The van der Waals surface area contributed by atoms with E-state index in [1.54, 1.807) is 11.8 Å². The largest absolute Gasteiger partial charge is 0.356 e. The summed E-state index contributed by atoms with van der Waals surface area (Å²) in [6, 6.07) is 2.02. The molecule has 0 saturated carbocycles. The van der Waals surface area contributed by atoms with Crippen molar-refractivity contribution in [3.63, 3.8) is 0 Å². The molecule has 0 aromatic carbocycles. The number of likely N-dealkylation sites (tertiary alicyclic amines) is 1. The topological polar surface area (TPSA) is 49.3 Å². The van der Waals surface area contributed by atoms with E-state index in [-0.39, 0.29) is 5.91 Å². The Balaban J connectivity index is 1.75. The molecule has 4 rings (SSSR count). The van der Waals surface area contributed by atoms with Gasteiger partial charge in [0.05, 0.1) is 10.3 Å². The van der Waals surface area contributed by atoms with Gasteiger partial charge in [-0.05, 0) is 44.4 Å². The van der Waals surface area contributed by atoms with Gasteiger partial charge in [-0.25, -0.2) is 9.97 Å². The quantitative estimate of drug-likeness (QED) is 0.616. The monoisotopic (exact) mass is 362 g/mol. The van der Waals surface area contributed by atoms with Gasteiger partial charge in [0.2, 0.25) is 0 Å². The van der Waals surface area contributed by atoms with E-state index in [0.717, 1.165) is 65.1 Å². The highest BCUT2D eigenvalue weighted by atomic mass is 32.2. The molecule has 2 saturated heterocycles. The highest BCUT2D eigenvalue weighted by Gasteiger charge is 2.24. The second-order valence-electron chi connectivity index (χ2n) is 6.41. The zero-order valence-electron chi connectivity index (χ0n) is 14.0. The molecule has 5 nitrogen and oxygen atoms in total. The van der Waals surface area contributed by atoms with Gasteiger partial charge < -0.3 is 9.80 Å². The number of carbonyl (C=O) groups excluding carboxylic acids is 1. The number of hydrogen-bond donors (Lipinski definition) is 0. The molecule has 7 heteroatoms. The van der Waals surface area contributed by atoms with Crippen molar-refractivity contribution < 1.29 is 4.79 Å². The number of hydrogen-bond acceptors (Lipinski definition) is 6. The fourth-order valence-electron chi connectivity index (χ4n) is 3.51. The molecule has 4 heterocycles. The van der Waals surface area contributed by atoms with Crippen LogP contribution < -0.4 is 4.90 Å². The van der Waals surface area contributed by atoms with E-state index in [1.165, 1.54) is 30.6 Å². The third kappa shape index (κ3) is 2.99. The maximum Gasteiger partial charge on any atom is 0.264 e. The molecule has 1 amide bonds. The van der Waals surface area contributed by atoms with Gasteiger partial charge in [0, 0.05) is 26.2 Å². The van der Waals surface area contributed by atoms with Gasteiger partial charge in [-0.3, -0.25) is 4.79 Å². The number of aromatic nitrogens is 2. The van der Waals surface area contributed by atoms with E-state index < -0.39 is 0 Å². The van der Waals surface area contributed by atoms with Crippen LogP contribution in [0.2, 0.25) is 0 Å². The van der Waals surface area contributed by atoms with Crippen molar-refractivity contribution in [2.45, 2.75) is 37.3 Å². The van der Waals surface area contributed by atoms with E-state index in [1.807, 2.05) is 17.2 Å². The zero-order chi connectivity index (χ0) is 16.5. The molecule has 0 radical (unpaired) electrons. The minimum Gasteiger partial charge on any atom is -0.356 e. The number of anilines is 1. The summed E-state index contributed by atoms with van der Waals surface area (Å²) < 4.78 is 0. The average molecular weight is 363 g/mol. The molecule has 0 bridgehead atoms. The number of thioether (sulfide) groups is 1. The normalized spacial score (nSPS) is 18.5. The molecule has 0 N–H and O–H groups in total. The van der Waals surface area contributed by atoms with E-state index >= 15 is 0 Å². The summed E-state index contributed by atoms with van der Waals surface area (Å²) in [5.41, 5.74) is 0. The Morgan fingerprint density at radius 1 is 1.08 bits per heavy atom. The maximum atomic E-state index is 12.7. The van der Waals surface area contributed by atoms with Crippen molar-refractivity contribution in [2.75, 3.05) is 37.3 Å². The lowest BCUT2D eigenvalue weighted by Crippen LogP contribution is -2.30. The summed E-state index contributed by atoms with van der Waals surface area (Å²) >= 11 is 3.08. The summed E-state index contributed by atoms with van der Waals surface area (Å²) in [5.74, 6) is 1.17.